The van der Waals surface area contributed by atoms with E-state index in [2.05, 4.69) is 5.32 Å². The highest BCUT2D eigenvalue weighted by atomic mass is 16.2. The number of nitrogens with one attached hydrogen (secondary N) is 1. The molecule has 0 aromatic heterocycles. The van der Waals surface area contributed by atoms with Crippen LogP contribution < -0.4 is 5.32 Å². The fourth-order valence-corrected chi connectivity index (χ4v) is 3.20. The van der Waals surface area contributed by atoms with E-state index in [-0.39, 0.29) is 11.8 Å². The van der Waals surface area contributed by atoms with Crippen LogP contribution in [0.25, 0.3) is 0 Å². The molecule has 1 N–H and O–H groups in total. The van der Waals surface area contributed by atoms with Gasteiger partial charge in [-0.1, -0.05) is 35.9 Å². The summed E-state index contributed by atoms with van der Waals surface area (Å²) in [5.74, 6) is -0.183. The molecule has 2 aromatic rings. The van der Waals surface area contributed by atoms with Crippen LogP contribution in [0.15, 0.2) is 48.5 Å². The molecular formula is C20H22N2O2. The average molecular weight is 322 g/mol. The molecule has 0 radical (unpaired) electrons. The minimum absolute atomic E-state index is 0.0751. The van der Waals surface area contributed by atoms with Crippen LogP contribution in [0.3, 0.4) is 0 Å². The Morgan fingerprint density at radius 1 is 1.08 bits per heavy atom. The first-order valence-electron chi connectivity index (χ1n) is 8.30. The highest BCUT2D eigenvalue weighted by Crippen LogP contribution is 2.23. The van der Waals surface area contributed by atoms with Gasteiger partial charge in [0, 0.05) is 17.8 Å². The predicted molar refractivity (Wildman–Crippen MR) is 95.0 cm³/mol. The molecule has 124 valence electrons. The van der Waals surface area contributed by atoms with Crippen molar-refractivity contribution in [1.29, 1.82) is 0 Å². The Morgan fingerprint density at radius 3 is 2.54 bits per heavy atom. The molecule has 1 heterocycles. The molecule has 0 aliphatic carbocycles. The second kappa shape index (κ2) is 6.87. The lowest BCUT2D eigenvalue weighted by molar-refractivity contribution is -0.119. The Morgan fingerprint density at radius 2 is 1.83 bits per heavy atom. The maximum atomic E-state index is 12.7. The van der Waals surface area contributed by atoms with Crippen LogP contribution in [0, 0.1) is 13.8 Å². The van der Waals surface area contributed by atoms with Gasteiger partial charge in [0.15, 0.2) is 0 Å². The molecular weight excluding hydrogens is 300 g/mol. The third-order valence-corrected chi connectivity index (χ3v) is 4.48. The fraction of sp³-hybridized carbons (Fsp3) is 0.300. The number of hydrogen-bond acceptors (Lipinski definition) is 2. The summed E-state index contributed by atoms with van der Waals surface area (Å²) in [5.41, 5.74) is 3.63. The zero-order valence-corrected chi connectivity index (χ0v) is 14.1. The molecule has 0 saturated carbocycles. The molecule has 4 nitrogen and oxygen atoms in total. The topological polar surface area (TPSA) is 49.4 Å². The lowest BCUT2D eigenvalue weighted by atomic mass is 10.1. The second-order valence-electron chi connectivity index (χ2n) is 6.33. The summed E-state index contributed by atoms with van der Waals surface area (Å²) in [7, 11) is 0. The first kappa shape index (κ1) is 16.2. The van der Waals surface area contributed by atoms with Crippen molar-refractivity contribution in [2.75, 3.05) is 11.9 Å². The van der Waals surface area contributed by atoms with Crippen LogP contribution in [-0.2, 0) is 4.79 Å². The average Bonchev–Trinajstić information content (AvgIpc) is 3.07. The molecule has 24 heavy (non-hydrogen) atoms. The van der Waals surface area contributed by atoms with Crippen LogP contribution >= 0.6 is 0 Å². The van der Waals surface area contributed by atoms with Crippen molar-refractivity contribution in [3.63, 3.8) is 0 Å². The summed E-state index contributed by atoms with van der Waals surface area (Å²) < 4.78 is 0. The molecule has 4 heteroatoms. The second-order valence-corrected chi connectivity index (χ2v) is 6.33. The molecule has 0 spiro atoms. The van der Waals surface area contributed by atoms with Crippen LogP contribution in [0.5, 0.6) is 0 Å². The smallest absolute Gasteiger partial charge is 0.254 e. The Labute approximate surface area is 142 Å². The molecule has 1 aliphatic rings. The van der Waals surface area contributed by atoms with E-state index in [4.69, 9.17) is 0 Å². The van der Waals surface area contributed by atoms with E-state index in [1.54, 1.807) is 17.0 Å². The number of anilines is 1. The Bertz CT molecular complexity index is 755. The maximum absolute atomic E-state index is 12.7. The molecule has 0 bridgehead atoms. The largest absolute Gasteiger partial charge is 0.327 e. The van der Waals surface area contributed by atoms with Crippen LogP contribution in [-0.4, -0.2) is 29.3 Å². The van der Waals surface area contributed by atoms with E-state index in [1.807, 2.05) is 50.2 Å². The number of benzene rings is 2. The van der Waals surface area contributed by atoms with Crippen LogP contribution in [0.4, 0.5) is 5.69 Å². The third kappa shape index (κ3) is 3.32. The standard InChI is InChI=1S/C20H22N2O2/c1-14-10-11-17(15(2)13-14)21-19(23)18-9-6-12-22(18)20(24)16-7-4-3-5-8-16/h3-5,7-8,10-11,13,18H,6,9,12H2,1-2H3,(H,21,23). The summed E-state index contributed by atoms with van der Waals surface area (Å²) in [6.07, 6.45) is 1.55. The van der Waals surface area contributed by atoms with Crippen LogP contribution in [0.2, 0.25) is 0 Å². The van der Waals surface area contributed by atoms with Crippen molar-refractivity contribution in [1.82, 2.24) is 4.90 Å². The van der Waals surface area contributed by atoms with Gasteiger partial charge in [0.2, 0.25) is 5.91 Å². The normalized spacial score (nSPS) is 16.9. The maximum Gasteiger partial charge on any atom is 0.254 e. The van der Waals surface area contributed by atoms with E-state index < -0.39 is 6.04 Å². The van der Waals surface area contributed by atoms with E-state index >= 15 is 0 Å². The van der Waals surface area contributed by atoms with E-state index in [0.29, 0.717) is 18.5 Å². The lowest BCUT2D eigenvalue weighted by Gasteiger charge is -2.24. The lowest BCUT2D eigenvalue weighted by Crippen LogP contribution is -2.43. The van der Waals surface area contributed by atoms with Crippen molar-refractivity contribution in [3.05, 3.63) is 65.2 Å². The first-order chi connectivity index (χ1) is 11.6. The van der Waals surface area contributed by atoms with E-state index in [1.165, 1.54) is 0 Å². The van der Waals surface area contributed by atoms with Gasteiger partial charge in [-0.25, -0.2) is 0 Å². The van der Waals surface area contributed by atoms with Gasteiger partial charge in [0.05, 0.1) is 0 Å². The van der Waals surface area contributed by atoms with Gasteiger partial charge >= 0.3 is 0 Å². The monoisotopic (exact) mass is 322 g/mol. The summed E-state index contributed by atoms with van der Waals surface area (Å²) >= 11 is 0. The van der Waals surface area contributed by atoms with Gasteiger partial charge in [-0.3, -0.25) is 9.59 Å². The Hall–Kier alpha value is -2.62. The van der Waals surface area contributed by atoms with Gasteiger partial charge in [-0.2, -0.15) is 0 Å². The molecule has 3 rings (SSSR count). The molecule has 1 aliphatic heterocycles. The number of carbonyl (C=O) groups excluding carboxylic acids is 2. The van der Waals surface area contributed by atoms with Gasteiger partial charge in [-0.05, 0) is 50.5 Å². The minimum Gasteiger partial charge on any atom is -0.327 e. The highest BCUT2D eigenvalue weighted by molar-refractivity contribution is 6.01. The van der Waals surface area contributed by atoms with Crippen LogP contribution in [0.1, 0.15) is 34.3 Å². The molecule has 2 aromatic carbocycles. The van der Waals surface area contributed by atoms with E-state index in [0.717, 1.165) is 23.2 Å². The quantitative estimate of drug-likeness (QED) is 0.939. The number of carbonyl (C=O) groups is 2. The zero-order chi connectivity index (χ0) is 17.1. The Kier molecular flexibility index (Phi) is 4.65. The molecule has 1 atom stereocenters. The number of aryl methyl sites for hydroxylation is 2. The fourth-order valence-electron chi connectivity index (χ4n) is 3.20. The summed E-state index contributed by atoms with van der Waals surface area (Å²) in [6.45, 7) is 4.62. The molecule has 2 amide bonds. The SMILES string of the molecule is Cc1ccc(NC(=O)C2CCCN2C(=O)c2ccccc2)c(C)c1. The third-order valence-electron chi connectivity index (χ3n) is 4.48. The number of nitrogens with zero attached hydrogens (tertiary/aromatic N) is 1. The van der Waals surface area contributed by atoms with Gasteiger partial charge < -0.3 is 10.2 Å². The van der Waals surface area contributed by atoms with E-state index in [9.17, 15) is 9.59 Å². The van der Waals surface area contributed by atoms with Crippen molar-refractivity contribution in [3.8, 4) is 0 Å². The number of rotatable bonds is 3. The number of hydrogen-bond donors (Lipinski definition) is 1. The Balaban J connectivity index is 1.75. The number of likely N-dealkylation sites (tertiary alicyclic amines) is 1. The summed E-state index contributed by atoms with van der Waals surface area (Å²) in [6, 6.07) is 14.7. The van der Waals surface area contributed by atoms with Gasteiger partial charge in [0.1, 0.15) is 6.04 Å². The number of amides is 2. The van der Waals surface area contributed by atoms with Crippen molar-refractivity contribution in [2.24, 2.45) is 0 Å². The zero-order valence-electron chi connectivity index (χ0n) is 14.1. The first-order valence-corrected chi connectivity index (χ1v) is 8.30. The summed E-state index contributed by atoms with van der Waals surface area (Å²) in [4.78, 5) is 27.1. The summed E-state index contributed by atoms with van der Waals surface area (Å²) in [5, 5.41) is 2.98. The van der Waals surface area contributed by atoms with Crippen molar-refractivity contribution < 1.29 is 9.59 Å². The van der Waals surface area contributed by atoms with Gasteiger partial charge in [0.25, 0.3) is 5.91 Å². The van der Waals surface area contributed by atoms with Gasteiger partial charge in [-0.15, -0.1) is 0 Å². The molecule has 1 fully saturated rings. The van der Waals surface area contributed by atoms with Crippen molar-refractivity contribution >= 4 is 17.5 Å². The predicted octanol–water partition coefficient (Wildman–Crippen LogP) is 3.55. The molecule has 1 saturated heterocycles. The van der Waals surface area contributed by atoms with Crippen molar-refractivity contribution in [2.45, 2.75) is 32.7 Å². The highest BCUT2D eigenvalue weighted by Gasteiger charge is 2.34. The minimum atomic E-state index is -0.404. The molecule has 1 unspecified atom stereocenters.